The van der Waals surface area contributed by atoms with Crippen molar-refractivity contribution in [2.75, 3.05) is 0 Å². The van der Waals surface area contributed by atoms with E-state index >= 15 is 0 Å². The highest BCUT2D eigenvalue weighted by Gasteiger charge is 2.09. The molecular formula is C14H16Cl2O. The van der Waals surface area contributed by atoms with E-state index in [4.69, 9.17) is 23.2 Å². The van der Waals surface area contributed by atoms with E-state index in [0.29, 0.717) is 15.6 Å². The lowest BCUT2D eigenvalue weighted by Gasteiger charge is -2.05. The lowest BCUT2D eigenvalue weighted by atomic mass is 10.0. The Morgan fingerprint density at radius 1 is 1.18 bits per heavy atom. The maximum Gasteiger partial charge on any atom is 0.160 e. The summed E-state index contributed by atoms with van der Waals surface area (Å²) in [5, 5.41) is 1.10. The molecule has 0 N–H and O–H groups in total. The Bertz CT molecular complexity index is 410. The highest BCUT2D eigenvalue weighted by molar-refractivity contribution is 6.36. The number of hydrogen-bond acceptors (Lipinski definition) is 1. The van der Waals surface area contributed by atoms with Crippen molar-refractivity contribution < 1.29 is 4.79 Å². The van der Waals surface area contributed by atoms with Crippen LogP contribution in [-0.4, -0.2) is 5.78 Å². The van der Waals surface area contributed by atoms with Gasteiger partial charge < -0.3 is 0 Å². The summed E-state index contributed by atoms with van der Waals surface area (Å²) in [6.45, 7) is 4.09. The summed E-state index contributed by atoms with van der Waals surface area (Å²) in [5.41, 5.74) is 1.86. The van der Waals surface area contributed by atoms with Crippen LogP contribution in [0.5, 0.6) is 0 Å². The van der Waals surface area contributed by atoms with Gasteiger partial charge in [-0.2, -0.15) is 0 Å². The first kappa shape index (κ1) is 14.3. The molecule has 0 amide bonds. The Kier molecular flexibility index (Phi) is 5.73. The number of rotatable bonds is 5. The molecule has 92 valence electrons. The zero-order valence-electron chi connectivity index (χ0n) is 10.1. The highest BCUT2D eigenvalue weighted by atomic mass is 35.5. The fourth-order valence-corrected chi connectivity index (χ4v) is 2.14. The molecule has 0 atom stereocenters. The highest BCUT2D eigenvalue weighted by Crippen LogP contribution is 2.25. The first-order chi connectivity index (χ1) is 8.08. The second-order valence-electron chi connectivity index (χ2n) is 3.85. The number of allylic oxidation sites excluding steroid dienone is 2. The molecule has 1 nitrogen and oxygen atoms in total. The molecule has 1 aromatic carbocycles. The zero-order valence-corrected chi connectivity index (χ0v) is 11.6. The Morgan fingerprint density at radius 2 is 1.71 bits per heavy atom. The summed E-state index contributed by atoms with van der Waals surface area (Å²) in [4.78, 5) is 11.9. The van der Waals surface area contributed by atoms with Gasteiger partial charge >= 0.3 is 0 Å². The maximum atomic E-state index is 11.9. The van der Waals surface area contributed by atoms with Crippen LogP contribution in [0.4, 0.5) is 0 Å². The molecule has 0 saturated carbocycles. The average molecular weight is 271 g/mol. The van der Waals surface area contributed by atoms with Crippen molar-refractivity contribution >= 4 is 29.0 Å². The molecule has 1 aromatic rings. The fourth-order valence-electron chi connectivity index (χ4n) is 1.61. The third-order valence-corrected chi connectivity index (χ3v) is 3.39. The number of carbonyl (C=O) groups is 1. The average Bonchev–Trinajstić information content (AvgIpc) is 2.31. The molecule has 17 heavy (non-hydrogen) atoms. The number of benzene rings is 1. The van der Waals surface area contributed by atoms with Gasteiger partial charge in [-0.15, -0.1) is 0 Å². The Morgan fingerprint density at radius 3 is 2.18 bits per heavy atom. The summed E-state index contributed by atoms with van der Waals surface area (Å²) in [6, 6.07) is 5.28. The smallest absolute Gasteiger partial charge is 0.160 e. The van der Waals surface area contributed by atoms with Crippen LogP contribution in [0.25, 0.3) is 0 Å². The lowest BCUT2D eigenvalue weighted by Crippen LogP contribution is -2.01. The molecule has 0 unspecified atom stereocenters. The van der Waals surface area contributed by atoms with E-state index in [-0.39, 0.29) is 12.2 Å². The lowest BCUT2D eigenvalue weighted by molar-refractivity contribution is -0.114. The molecule has 0 fully saturated rings. The molecule has 0 aliphatic heterocycles. The van der Waals surface area contributed by atoms with Crippen LogP contribution < -0.4 is 0 Å². The van der Waals surface area contributed by atoms with Crippen LogP contribution in [-0.2, 0) is 11.2 Å². The van der Waals surface area contributed by atoms with E-state index in [1.54, 1.807) is 24.3 Å². The van der Waals surface area contributed by atoms with Crippen molar-refractivity contribution in [2.24, 2.45) is 0 Å². The van der Waals surface area contributed by atoms with Crippen LogP contribution in [0.3, 0.4) is 0 Å². The van der Waals surface area contributed by atoms with E-state index < -0.39 is 0 Å². The molecule has 0 bridgehead atoms. The molecule has 3 heteroatoms. The van der Waals surface area contributed by atoms with Crippen LogP contribution in [0.15, 0.2) is 29.8 Å². The molecule has 0 aliphatic carbocycles. The van der Waals surface area contributed by atoms with Crippen molar-refractivity contribution in [2.45, 2.75) is 33.1 Å². The van der Waals surface area contributed by atoms with Crippen molar-refractivity contribution in [3.05, 3.63) is 45.5 Å². The number of halogens is 2. The topological polar surface area (TPSA) is 17.1 Å². The Hall–Kier alpha value is -0.790. The predicted octanol–water partition coefficient (Wildman–Crippen LogP) is 4.85. The van der Waals surface area contributed by atoms with Crippen LogP contribution >= 0.6 is 23.2 Å². The van der Waals surface area contributed by atoms with E-state index in [1.807, 2.05) is 13.8 Å². The molecular weight excluding hydrogens is 255 g/mol. The molecule has 1 rings (SSSR count). The molecule has 0 saturated heterocycles. The second kappa shape index (κ2) is 6.83. The van der Waals surface area contributed by atoms with Gasteiger partial charge in [0.05, 0.1) is 0 Å². The predicted molar refractivity (Wildman–Crippen MR) is 73.8 cm³/mol. The van der Waals surface area contributed by atoms with E-state index in [2.05, 4.69) is 0 Å². The summed E-state index contributed by atoms with van der Waals surface area (Å²) < 4.78 is 0. The number of ketones is 1. The molecule has 0 spiro atoms. The summed E-state index contributed by atoms with van der Waals surface area (Å²) >= 11 is 12.0. The van der Waals surface area contributed by atoms with Gasteiger partial charge in [0, 0.05) is 16.5 Å². The number of carbonyl (C=O) groups excluding carboxylic acids is 1. The van der Waals surface area contributed by atoms with E-state index in [0.717, 1.165) is 18.4 Å². The van der Waals surface area contributed by atoms with Gasteiger partial charge in [-0.05, 0) is 36.6 Å². The Labute approximate surface area is 112 Å². The SMILES string of the molecule is CCC(=CC(=O)Cc1c(Cl)cccc1Cl)CC. The summed E-state index contributed by atoms with van der Waals surface area (Å²) in [7, 11) is 0. The van der Waals surface area contributed by atoms with Gasteiger partial charge in [0.2, 0.25) is 0 Å². The van der Waals surface area contributed by atoms with Crippen molar-refractivity contribution in [1.82, 2.24) is 0 Å². The van der Waals surface area contributed by atoms with E-state index in [1.165, 1.54) is 0 Å². The quantitative estimate of drug-likeness (QED) is 0.699. The molecule has 0 radical (unpaired) electrons. The minimum Gasteiger partial charge on any atom is -0.294 e. The number of hydrogen-bond donors (Lipinski definition) is 0. The largest absolute Gasteiger partial charge is 0.294 e. The second-order valence-corrected chi connectivity index (χ2v) is 4.67. The van der Waals surface area contributed by atoms with Gasteiger partial charge in [-0.3, -0.25) is 4.79 Å². The monoisotopic (exact) mass is 270 g/mol. The van der Waals surface area contributed by atoms with Crippen molar-refractivity contribution in [3.8, 4) is 0 Å². The van der Waals surface area contributed by atoms with Gasteiger partial charge in [0.25, 0.3) is 0 Å². The minimum atomic E-state index is 0.0544. The normalized spacial score (nSPS) is 10.1. The molecule has 0 heterocycles. The maximum absolute atomic E-state index is 11.9. The van der Waals surface area contributed by atoms with E-state index in [9.17, 15) is 4.79 Å². The first-order valence-corrected chi connectivity index (χ1v) is 6.49. The zero-order chi connectivity index (χ0) is 12.8. The molecule has 0 aromatic heterocycles. The van der Waals surface area contributed by atoms with Crippen molar-refractivity contribution in [3.63, 3.8) is 0 Å². The molecule has 0 aliphatic rings. The fraction of sp³-hybridized carbons (Fsp3) is 0.357. The summed E-state index contributed by atoms with van der Waals surface area (Å²) in [5.74, 6) is 0.0544. The van der Waals surface area contributed by atoms with Crippen LogP contribution in [0.1, 0.15) is 32.3 Å². The third-order valence-electron chi connectivity index (χ3n) is 2.69. The summed E-state index contributed by atoms with van der Waals surface area (Å²) in [6.07, 6.45) is 3.78. The van der Waals surface area contributed by atoms with Gasteiger partial charge in [-0.25, -0.2) is 0 Å². The van der Waals surface area contributed by atoms with Gasteiger partial charge in [0.1, 0.15) is 0 Å². The minimum absolute atomic E-state index is 0.0544. The standard InChI is InChI=1S/C14H16Cl2O/c1-3-10(4-2)8-11(17)9-12-13(15)6-5-7-14(12)16/h5-8H,3-4,9H2,1-2H3. The van der Waals surface area contributed by atoms with Crippen molar-refractivity contribution in [1.29, 1.82) is 0 Å². The van der Waals surface area contributed by atoms with Crippen LogP contribution in [0, 0.1) is 0 Å². The first-order valence-electron chi connectivity index (χ1n) is 5.73. The van der Waals surface area contributed by atoms with Gasteiger partial charge in [-0.1, -0.05) is 48.7 Å². The third kappa shape index (κ3) is 4.18. The van der Waals surface area contributed by atoms with Gasteiger partial charge in [0.15, 0.2) is 5.78 Å². The Balaban J connectivity index is 2.85. The van der Waals surface area contributed by atoms with Crippen LogP contribution in [0.2, 0.25) is 10.0 Å².